The van der Waals surface area contributed by atoms with Crippen LogP contribution in [0.1, 0.15) is 55.4 Å². The average Bonchev–Trinajstić information content (AvgIpc) is 2.43. The molecule has 0 bridgehead atoms. The van der Waals surface area contributed by atoms with Crippen molar-refractivity contribution in [3.8, 4) is 0 Å². The normalized spacial score (nSPS) is 22.4. The van der Waals surface area contributed by atoms with Crippen molar-refractivity contribution in [3.63, 3.8) is 0 Å². The first-order valence-electron chi connectivity index (χ1n) is 6.30. The molecule has 1 N–H and O–H groups in total. The van der Waals surface area contributed by atoms with Crippen LogP contribution in [0.5, 0.6) is 0 Å². The van der Waals surface area contributed by atoms with Gasteiger partial charge in [0.25, 0.3) is 0 Å². The highest BCUT2D eigenvalue weighted by molar-refractivity contribution is 5.17. The fraction of sp³-hybridized carbons (Fsp3) is 0.857. The zero-order valence-corrected chi connectivity index (χ0v) is 12.2. The fourth-order valence-electron chi connectivity index (χ4n) is 2.30. The van der Waals surface area contributed by atoms with E-state index in [0.717, 1.165) is 0 Å². The molecule has 16 heavy (non-hydrogen) atoms. The molecule has 0 aromatic rings. The van der Waals surface area contributed by atoms with E-state index in [2.05, 4.69) is 71.8 Å². The molecule has 0 fully saturated rings. The minimum atomic E-state index is 0.206. The van der Waals surface area contributed by atoms with Crippen molar-refractivity contribution >= 4 is 0 Å². The molecule has 94 valence electrons. The van der Waals surface area contributed by atoms with Gasteiger partial charge in [-0.1, -0.05) is 41.5 Å². The van der Waals surface area contributed by atoms with Crippen molar-refractivity contribution < 1.29 is 0 Å². The van der Waals surface area contributed by atoms with Crippen molar-refractivity contribution in [1.29, 1.82) is 0 Å². The van der Waals surface area contributed by atoms with E-state index in [1.54, 1.807) is 0 Å². The molecule has 1 heterocycles. The van der Waals surface area contributed by atoms with Gasteiger partial charge in [-0.15, -0.1) is 0 Å². The molecule has 1 rings (SSSR count). The topological polar surface area (TPSA) is 15.3 Å². The van der Waals surface area contributed by atoms with Gasteiger partial charge in [0.1, 0.15) is 6.17 Å². The molecule has 0 amide bonds. The van der Waals surface area contributed by atoms with Crippen LogP contribution in [0.3, 0.4) is 0 Å². The maximum atomic E-state index is 3.55. The molecule has 0 spiro atoms. The van der Waals surface area contributed by atoms with Crippen molar-refractivity contribution in [3.05, 3.63) is 11.9 Å². The summed E-state index contributed by atoms with van der Waals surface area (Å²) in [6, 6.07) is 0.532. The first kappa shape index (κ1) is 13.4. The summed E-state index contributed by atoms with van der Waals surface area (Å²) in [6.07, 6.45) is 2.61. The highest BCUT2D eigenvalue weighted by Crippen LogP contribution is 2.38. The molecule has 2 nitrogen and oxygen atoms in total. The van der Waals surface area contributed by atoms with Gasteiger partial charge in [-0.25, -0.2) is 0 Å². The molecule has 1 unspecified atom stereocenters. The Morgan fingerprint density at radius 1 is 1.12 bits per heavy atom. The maximum Gasteiger partial charge on any atom is 0.104 e. The van der Waals surface area contributed by atoms with Gasteiger partial charge in [-0.2, -0.15) is 0 Å². The minimum Gasteiger partial charge on any atom is -0.369 e. The first-order valence-corrected chi connectivity index (χ1v) is 6.30. The zero-order chi connectivity index (χ0) is 12.7. The van der Waals surface area contributed by atoms with Crippen molar-refractivity contribution in [2.75, 3.05) is 0 Å². The van der Waals surface area contributed by atoms with Crippen LogP contribution in [-0.4, -0.2) is 17.1 Å². The molecule has 0 radical (unpaired) electrons. The Labute approximate surface area is 101 Å². The van der Waals surface area contributed by atoms with E-state index in [-0.39, 0.29) is 10.8 Å². The fourth-order valence-corrected chi connectivity index (χ4v) is 2.30. The van der Waals surface area contributed by atoms with Gasteiger partial charge in [-0.05, 0) is 13.8 Å². The molecule has 1 atom stereocenters. The summed E-state index contributed by atoms with van der Waals surface area (Å²) in [5.41, 5.74) is 1.87. The summed E-state index contributed by atoms with van der Waals surface area (Å²) in [4.78, 5) is 2.53. The smallest absolute Gasteiger partial charge is 0.104 e. The molecular weight excluding hydrogens is 196 g/mol. The SMILES string of the molecule is CC(C)N1C(C(C)(C)C)=CNC1C(C)(C)C. The van der Waals surface area contributed by atoms with Crippen LogP contribution in [0.15, 0.2) is 11.9 Å². The van der Waals surface area contributed by atoms with Crippen LogP contribution in [0.4, 0.5) is 0 Å². The van der Waals surface area contributed by atoms with Gasteiger partial charge in [0, 0.05) is 28.8 Å². The molecule has 1 aliphatic rings. The summed E-state index contributed by atoms with van der Waals surface area (Å²) in [5.74, 6) is 0. The number of nitrogens with zero attached hydrogens (tertiary/aromatic N) is 1. The minimum absolute atomic E-state index is 0.206. The standard InChI is InChI=1S/C14H28N2/c1-10(2)16-11(13(3,4)5)9-15-12(16)14(6,7)8/h9-10,12,15H,1-8H3. The van der Waals surface area contributed by atoms with E-state index in [1.807, 2.05) is 0 Å². The Morgan fingerprint density at radius 2 is 1.62 bits per heavy atom. The highest BCUT2D eigenvalue weighted by atomic mass is 15.3. The Bertz CT molecular complexity index is 276. The molecule has 0 aromatic heterocycles. The van der Waals surface area contributed by atoms with Crippen LogP contribution < -0.4 is 5.32 Å². The van der Waals surface area contributed by atoms with E-state index in [4.69, 9.17) is 0 Å². The molecule has 0 saturated heterocycles. The van der Waals surface area contributed by atoms with Crippen molar-refractivity contribution in [2.45, 2.75) is 67.6 Å². The quantitative estimate of drug-likeness (QED) is 0.732. The van der Waals surface area contributed by atoms with E-state index >= 15 is 0 Å². The van der Waals surface area contributed by atoms with Crippen LogP contribution >= 0.6 is 0 Å². The van der Waals surface area contributed by atoms with Crippen LogP contribution in [-0.2, 0) is 0 Å². The van der Waals surface area contributed by atoms with Crippen LogP contribution in [0.25, 0.3) is 0 Å². The Kier molecular flexibility index (Phi) is 3.33. The van der Waals surface area contributed by atoms with Gasteiger partial charge in [0.15, 0.2) is 0 Å². The van der Waals surface area contributed by atoms with Crippen LogP contribution in [0, 0.1) is 10.8 Å². The predicted octanol–water partition coefficient (Wildman–Crippen LogP) is 3.56. The van der Waals surface area contributed by atoms with E-state index in [9.17, 15) is 0 Å². The second kappa shape index (κ2) is 3.97. The largest absolute Gasteiger partial charge is 0.369 e. The lowest BCUT2D eigenvalue weighted by Gasteiger charge is -2.43. The Balaban J connectivity index is 3.01. The lowest BCUT2D eigenvalue weighted by atomic mass is 9.87. The predicted molar refractivity (Wildman–Crippen MR) is 70.9 cm³/mol. The summed E-state index contributed by atoms with van der Waals surface area (Å²) in [5, 5.41) is 3.55. The maximum absolute atomic E-state index is 3.55. The molecule has 2 heteroatoms. The molecule has 0 saturated carbocycles. The van der Waals surface area contributed by atoms with Gasteiger partial charge in [-0.3, -0.25) is 0 Å². The number of hydrogen-bond acceptors (Lipinski definition) is 2. The third kappa shape index (κ3) is 2.53. The highest BCUT2D eigenvalue weighted by Gasteiger charge is 2.39. The summed E-state index contributed by atoms with van der Waals surface area (Å²) in [7, 11) is 0. The summed E-state index contributed by atoms with van der Waals surface area (Å²) >= 11 is 0. The van der Waals surface area contributed by atoms with E-state index < -0.39 is 0 Å². The van der Waals surface area contributed by atoms with Gasteiger partial charge in [0.2, 0.25) is 0 Å². The summed E-state index contributed by atoms with van der Waals surface area (Å²) in [6.45, 7) is 18.2. The number of allylic oxidation sites excluding steroid dienone is 1. The zero-order valence-electron chi connectivity index (χ0n) is 12.2. The number of hydrogen-bond donors (Lipinski definition) is 1. The monoisotopic (exact) mass is 224 g/mol. The first-order chi connectivity index (χ1) is 7.05. The molecule has 0 aromatic carbocycles. The second-order valence-corrected chi connectivity index (χ2v) is 7.22. The third-order valence-corrected chi connectivity index (χ3v) is 3.08. The lowest BCUT2D eigenvalue weighted by molar-refractivity contribution is 0.0902. The Morgan fingerprint density at radius 3 is 1.94 bits per heavy atom. The van der Waals surface area contributed by atoms with Crippen LogP contribution in [0.2, 0.25) is 0 Å². The van der Waals surface area contributed by atoms with E-state index in [1.165, 1.54) is 5.70 Å². The van der Waals surface area contributed by atoms with E-state index in [0.29, 0.717) is 12.2 Å². The third-order valence-electron chi connectivity index (χ3n) is 3.08. The second-order valence-electron chi connectivity index (χ2n) is 7.22. The molecular formula is C14H28N2. The lowest BCUT2D eigenvalue weighted by Crippen LogP contribution is -2.50. The summed E-state index contributed by atoms with van der Waals surface area (Å²) < 4.78 is 0. The van der Waals surface area contributed by atoms with Crippen molar-refractivity contribution in [2.24, 2.45) is 10.8 Å². The van der Waals surface area contributed by atoms with Gasteiger partial charge in [0.05, 0.1) is 0 Å². The average molecular weight is 224 g/mol. The number of nitrogens with one attached hydrogen (secondary N) is 1. The van der Waals surface area contributed by atoms with Crippen molar-refractivity contribution in [1.82, 2.24) is 10.2 Å². The number of rotatable bonds is 1. The van der Waals surface area contributed by atoms with Gasteiger partial charge >= 0.3 is 0 Å². The Hall–Kier alpha value is -0.660. The van der Waals surface area contributed by atoms with Gasteiger partial charge < -0.3 is 10.2 Å². The molecule has 0 aliphatic carbocycles. The molecule has 1 aliphatic heterocycles.